The van der Waals surface area contributed by atoms with Gasteiger partial charge in [0.15, 0.2) is 23.4 Å². The van der Waals surface area contributed by atoms with Gasteiger partial charge in [-0.25, -0.2) is 9.97 Å². The number of fused-ring (bicyclic) bond motifs is 2. The molecule has 8 heteroatoms. The number of H-pyrrole nitrogens is 1. The minimum absolute atomic E-state index is 0.0468. The summed E-state index contributed by atoms with van der Waals surface area (Å²) in [4.78, 5) is 28.3. The van der Waals surface area contributed by atoms with E-state index in [-0.39, 0.29) is 19.0 Å². The number of carbonyl (C=O) groups excluding carboxylic acids is 1. The number of ketones is 1. The summed E-state index contributed by atoms with van der Waals surface area (Å²) in [5.74, 6) is 0.536. The van der Waals surface area contributed by atoms with E-state index in [1.54, 1.807) is 6.20 Å². The fraction of sp³-hybridized carbons (Fsp3) is 0.217. The number of rotatable bonds is 4. The summed E-state index contributed by atoms with van der Waals surface area (Å²) in [5.41, 5.74) is 4.36. The molecule has 1 N–H and O–H groups in total. The number of imidazole rings is 1. The molecule has 0 amide bonds. The smallest absolute Gasteiger partial charge is 0.296 e. The zero-order valence-electron chi connectivity index (χ0n) is 16.4. The molecule has 2 fully saturated rings. The third kappa shape index (κ3) is 3.26. The Labute approximate surface area is 177 Å². The predicted octanol–water partition coefficient (Wildman–Crippen LogP) is 2.80. The van der Waals surface area contributed by atoms with E-state index in [9.17, 15) is 4.79 Å². The molecule has 2 aliphatic heterocycles. The Hall–Kier alpha value is -3.62. The van der Waals surface area contributed by atoms with Crippen LogP contribution in [0.15, 0.2) is 60.8 Å². The van der Waals surface area contributed by atoms with Gasteiger partial charge in [0.25, 0.3) is 6.01 Å². The lowest BCUT2D eigenvalue weighted by molar-refractivity contribution is -0.125. The molecule has 0 aliphatic carbocycles. The van der Waals surface area contributed by atoms with Crippen molar-refractivity contribution >= 4 is 16.9 Å². The van der Waals surface area contributed by atoms with Crippen LogP contribution in [-0.4, -0.2) is 57.2 Å². The third-order valence-electron chi connectivity index (χ3n) is 5.57. The highest BCUT2D eigenvalue weighted by molar-refractivity contribution is 5.87. The average Bonchev–Trinajstić information content (AvgIpc) is 3.51. The average molecular weight is 414 g/mol. The van der Waals surface area contributed by atoms with E-state index in [1.165, 1.54) is 0 Å². The molecular weight excluding hydrogens is 396 g/mol. The van der Waals surface area contributed by atoms with Gasteiger partial charge >= 0.3 is 0 Å². The summed E-state index contributed by atoms with van der Waals surface area (Å²) in [6.07, 6.45) is 0.353. The highest BCUT2D eigenvalue weighted by atomic mass is 16.6. The Morgan fingerprint density at radius 1 is 0.935 bits per heavy atom. The number of hydrogen-bond donors (Lipinski definition) is 1. The summed E-state index contributed by atoms with van der Waals surface area (Å²) in [5, 5.41) is 0. The summed E-state index contributed by atoms with van der Waals surface area (Å²) < 4.78 is 16.9. The quantitative estimate of drug-likeness (QED) is 0.548. The van der Waals surface area contributed by atoms with Crippen LogP contribution in [0.5, 0.6) is 6.01 Å². The molecule has 0 bridgehead atoms. The van der Waals surface area contributed by atoms with E-state index < -0.39 is 18.3 Å². The summed E-state index contributed by atoms with van der Waals surface area (Å²) in [7, 11) is 0. The molecule has 0 saturated carbocycles. The Morgan fingerprint density at radius 2 is 1.71 bits per heavy atom. The van der Waals surface area contributed by atoms with Gasteiger partial charge in [-0.05, 0) is 11.1 Å². The van der Waals surface area contributed by atoms with E-state index in [2.05, 4.69) is 44.2 Å². The first-order chi connectivity index (χ1) is 15.2. The van der Waals surface area contributed by atoms with Gasteiger partial charge in [0.2, 0.25) is 0 Å². The Morgan fingerprint density at radius 3 is 2.55 bits per heavy atom. The van der Waals surface area contributed by atoms with Crippen molar-refractivity contribution in [3.05, 3.63) is 60.8 Å². The second-order valence-corrected chi connectivity index (χ2v) is 7.57. The van der Waals surface area contributed by atoms with Gasteiger partial charge < -0.3 is 19.2 Å². The Kier molecular flexibility index (Phi) is 4.26. The number of Topliss-reactive ketones (excluding diaryl/α,β-unsaturated/α-hetero) is 1. The maximum absolute atomic E-state index is 11.7. The minimum Gasteiger partial charge on any atom is -0.456 e. The standard InChI is InChI=1S/C23H18N4O4/c28-17-11-29-20-18(12-30-19(17)20)31-23-25-16-10-24-21(26-22(16)27-23)15-8-6-14(7-9-15)13-4-2-1-3-5-13/h1-10,18-20H,11-12H2,(H,24,25,26,27)/t18-,19-,20-/m1/s1. The maximum Gasteiger partial charge on any atom is 0.296 e. The molecule has 2 aromatic carbocycles. The number of nitrogens with zero attached hydrogens (tertiary/aromatic N) is 3. The maximum atomic E-state index is 11.7. The van der Waals surface area contributed by atoms with Crippen LogP contribution < -0.4 is 4.74 Å². The number of hydrogen-bond acceptors (Lipinski definition) is 7. The first kappa shape index (κ1) is 18.2. The topological polar surface area (TPSA) is 99.2 Å². The monoisotopic (exact) mass is 414 g/mol. The molecule has 3 atom stereocenters. The summed E-state index contributed by atoms with van der Waals surface area (Å²) in [6.45, 7) is 0.343. The van der Waals surface area contributed by atoms with Crippen molar-refractivity contribution in [2.24, 2.45) is 0 Å². The minimum atomic E-state index is -0.542. The van der Waals surface area contributed by atoms with E-state index >= 15 is 0 Å². The first-order valence-corrected chi connectivity index (χ1v) is 10.1. The van der Waals surface area contributed by atoms with E-state index in [1.807, 2.05) is 30.3 Å². The zero-order valence-corrected chi connectivity index (χ0v) is 16.4. The number of ether oxygens (including phenoxy) is 3. The van der Waals surface area contributed by atoms with Crippen LogP contribution in [0.1, 0.15) is 0 Å². The van der Waals surface area contributed by atoms with Gasteiger partial charge in [-0.15, -0.1) is 0 Å². The molecule has 8 nitrogen and oxygen atoms in total. The van der Waals surface area contributed by atoms with E-state index in [0.717, 1.165) is 16.7 Å². The van der Waals surface area contributed by atoms with Crippen LogP contribution in [0.25, 0.3) is 33.7 Å². The van der Waals surface area contributed by atoms with Crippen molar-refractivity contribution < 1.29 is 19.0 Å². The third-order valence-corrected chi connectivity index (χ3v) is 5.57. The molecule has 2 aliphatic rings. The van der Waals surface area contributed by atoms with Crippen LogP contribution in [0.3, 0.4) is 0 Å². The van der Waals surface area contributed by atoms with Crippen molar-refractivity contribution in [2.75, 3.05) is 13.2 Å². The molecule has 0 unspecified atom stereocenters. The fourth-order valence-electron chi connectivity index (χ4n) is 3.98. The van der Waals surface area contributed by atoms with Crippen molar-refractivity contribution in [3.63, 3.8) is 0 Å². The van der Waals surface area contributed by atoms with Crippen LogP contribution in [0.2, 0.25) is 0 Å². The number of nitrogens with one attached hydrogen (secondary N) is 1. The number of benzene rings is 2. The molecular formula is C23H18N4O4. The number of carbonyl (C=O) groups is 1. The summed E-state index contributed by atoms with van der Waals surface area (Å²) >= 11 is 0. The molecule has 2 saturated heterocycles. The highest BCUT2D eigenvalue weighted by Gasteiger charge is 2.48. The van der Waals surface area contributed by atoms with Gasteiger partial charge in [0.1, 0.15) is 24.3 Å². The number of aromatic amines is 1. The van der Waals surface area contributed by atoms with Crippen LogP contribution in [-0.2, 0) is 14.3 Å². The Balaban J connectivity index is 1.23. The number of aromatic nitrogens is 4. The predicted molar refractivity (Wildman–Crippen MR) is 111 cm³/mol. The van der Waals surface area contributed by atoms with Crippen molar-refractivity contribution in [1.29, 1.82) is 0 Å². The molecule has 154 valence electrons. The van der Waals surface area contributed by atoms with Gasteiger partial charge in [0, 0.05) is 5.56 Å². The molecule has 6 rings (SSSR count). The van der Waals surface area contributed by atoms with Crippen LogP contribution in [0.4, 0.5) is 0 Å². The van der Waals surface area contributed by atoms with Gasteiger partial charge in [-0.2, -0.15) is 4.98 Å². The molecule has 0 radical (unpaired) electrons. The molecule has 31 heavy (non-hydrogen) atoms. The van der Waals surface area contributed by atoms with E-state index in [0.29, 0.717) is 23.0 Å². The lowest BCUT2D eigenvalue weighted by Crippen LogP contribution is -2.33. The second kappa shape index (κ2) is 7.26. The normalized spacial score (nSPS) is 22.7. The van der Waals surface area contributed by atoms with Crippen molar-refractivity contribution in [3.8, 4) is 28.5 Å². The van der Waals surface area contributed by atoms with Crippen LogP contribution in [0, 0.1) is 0 Å². The molecule has 4 aromatic rings. The molecule has 0 spiro atoms. The van der Waals surface area contributed by atoms with E-state index in [4.69, 9.17) is 14.2 Å². The molecule has 4 heterocycles. The summed E-state index contributed by atoms with van der Waals surface area (Å²) in [6, 6.07) is 18.6. The largest absolute Gasteiger partial charge is 0.456 e. The highest BCUT2D eigenvalue weighted by Crippen LogP contribution is 2.28. The van der Waals surface area contributed by atoms with Crippen molar-refractivity contribution in [2.45, 2.75) is 18.3 Å². The SMILES string of the molecule is O=C1CO[C@H]2[C@@H]1OC[C@H]2Oc1nc2nc(-c3ccc(-c4ccccc4)cc3)ncc2[nH]1. The second-order valence-electron chi connectivity index (χ2n) is 7.57. The fourth-order valence-corrected chi connectivity index (χ4v) is 3.98. The van der Waals surface area contributed by atoms with Crippen LogP contribution >= 0.6 is 0 Å². The van der Waals surface area contributed by atoms with Crippen molar-refractivity contribution in [1.82, 2.24) is 19.9 Å². The lowest BCUT2D eigenvalue weighted by atomic mass is 10.0. The first-order valence-electron chi connectivity index (χ1n) is 10.1. The Bertz CT molecular complexity index is 1260. The van der Waals surface area contributed by atoms with Gasteiger partial charge in [-0.3, -0.25) is 4.79 Å². The molecule has 2 aromatic heterocycles. The lowest BCUT2D eigenvalue weighted by Gasteiger charge is -2.14. The zero-order chi connectivity index (χ0) is 20.8. The van der Waals surface area contributed by atoms with Gasteiger partial charge in [0.05, 0.1) is 12.8 Å². The van der Waals surface area contributed by atoms with Gasteiger partial charge in [-0.1, -0.05) is 54.6 Å².